The number of hydrogen-bond acceptors (Lipinski definition) is 2. The predicted octanol–water partition coefficient (Wildman–Crippen LogP) is 3.91. The van der Waals surface area contributed by atoms with Crippen molar-refractivity contribution in [2.45, 2.75) is 44.5 Å². The molecule has 1 rings (SSSR count). The molecule has 1 aromatic rings. The lowest BCUT2D eigenvalue weighted by molar-refractivity contribution is -0.137. The van der Waals surface area contributed by atoms with Crippen molar-refractivity contribution in [3.63, 3.8) is 0 Å². The van der Waals surface area contributed by atoms with Gasteiger partial charge in [0.1, 0.15) is 0 Å². The molecule has 0 saturated carbocycles. The van der Waals surface area contributed by atoms with Crippen molar-refractivity contribution < 1.29 is 18.3 Å². The van der Waals surface area contributed by atoms with E-state index in [0.717, 1.165) is 18.9 Å². The minimum atomic E-state index is -4.49. The quantitative estimate of drug-likeness (QED) is 0.865. The van der Waals surface area contributed by atoms with Crippen LogP contribution in [0.4, 0.5) is 13.2 Å². The second-order valence-corrected chi connectivity index (χ2v) is 4.88. The molecule has 0 aliphatic heterocycles. The van der Waals surface area contributed by atoms with Crippen molar-refractivity contribution in [3.8, 4) is 0 Å². The second kappa shape index (κ2) is 6.59. The highest BCUT2D eigenvalue weighted by molar-refractivity contribution is 6.31. The van der Waals surface area contributed by atoms with E-state index in [1.165, 1.54) is 12.1 Å². The maximum atomic E-state index is 12.5. The van der Waals surface area contributed by atoms with Crippen LogP contribution >= 0.6 is 11.6 Å². The van der Waals surface area contributed by atoms with Crippen LogP contribution in [0.3, 0.4) is 0 Å². The second-order valence-electron chi connectivity index (χ2n) is 4.47. The van der Waals surface area contributed by atoms with Crippen LogP contribution in [0.5, 0.6) is 0 Å². The number of aliphatic hydroxyl groups is 1. The van der Waals surface area contributed by atoms with Crippen LogP contribution in [-0.4, -0.2) is 11.2 Å². The lowest BCUT2D eigenvalue weighted by Crippen LogP contribution is -2.26. The number of unbranched alkanes of at least 4 members (excludes halogenated alkanes) is 1. The first-order chi connectivity index (χ1) is 8.77. The summed E-state index contributed by atoms with van der Waals surface area (Å²) >= 11 is 5.61. The van der Waals surface area contributed by atoms with Crippen LogP contribution < -0.4 is 5.73 Å². The van der Waals surface area contributed by atoms with Crippen LogP contribution in [0, 0.1) is 0 Å². The van der Waals surface area contributed by atoms with Gasteiger partial charge in [-0.3, -0.25) is 0 Å². The summed E-state index contributed by atoms with van der Waals surface area (Å²) in [6, 6.07) is 2.59. The van der Waals surface area contributed by atoms with Crippen molar-refractivity contribution in [2.75, 3.05) is 0 Å². The van der Waals surface area contributed by atoms with E-state index in [-0.39, 0.29) is 0 Å². The Hall–Kier alpha value is -0.780. The molecule has 0 heterocycles. The number of hydrogen-bond donors (Lipinski definition) is 2. The molecule has 0 bridgehead atoms. The van der Waals surface area contributed by atoms with Gasteiger partial charge in [0.05, 0.1) is 22.7 Å². The number of rotatable bonds is 5. The number of aliphatic hydroxyl groups excluding tert-OH is 1. The number of nitrogens with two attached hydrogens (primary N) is 1. The highest BCUT2D eigenvalue weighted by atomic mass is 35.5. The lowest BCUT2D eigenvalue weighted by Gasteiger charge is -2.20. The molecule has 0 spiro atoms. The number of halogens is 4. The van der Waals surface area contributed by atoms with E-state index in [0.29, 0.717) is 12.0 Å². The van der Waals surface area contributed by atoms with E-state index < -0.39 is 28.9 Å². The highest BCUT2D eigenvalue weighted by Crippen LogP contribution is 2.36. The summed E-state index contributed by atoms with van der Waals surface area (Å²) in [4.78, 5) is 0. The van der Waals surface area contributed by atoms with Crippen LogP contribution in [0.2, 0.25) is 5.02 Å². The largest absolute Gasteiger partial charge is 0.417 e. The molecule has 0 radical (unpaired) electrons. The zero-order chi connectivity index (χ0) is 14.6. The summed E-state index contributed by atoms with van der Waals surface area (Å²) in [7, 11) is 0. The van der Waals surface area contributed by atoms with Crippen molar-refractivity contribution >= 4 is 11.6 Å². The summed E-state index contributed by atoms with van der Waals surface area (Å²) in [5, 5.41) is 9.43. The Morgan fingerprint density at radius 2 is 2.00 bits per heavy atom. The van der Waals surface area contributed by atoms with E-state index in [2.05, 4.69) is 0 Å². The maximum absolute atomic E-state index is 12.5. The standard InChI is InChI=1S/C13H17ClF3NO/c1-2-3-4-11(19)12(18)8-5-6-9(10(14)7-8)13(15,16)17/h5-7,11-12,19H,2-4,18H2,1H3/t11-,12+/m1/s1. The van der Waals surface area contributed by atoms with Crippen molar-refractivity contribution in [3.05, 3.63) is 34.3 Å². The molecule has 0 saturated heterocycles. The van der Waals surface area contributed by atoms with Crippen molar-refractivity contribution in [2.24, 2.45) is 5.73 Å². The predicted molar refractivity (Wildman–Crippen MR) is 68.9 cm³/mol. The summed E-state index contributed by atoms with van der Waals surface area (Å²) in [5.74, 6) is 0. The zero-order valence-corrected chi connectivity index (χ0v) is 11.3. The van der Waals surface area contributed by atoms with Gasteiger partial charge in [-0.05, 0) is 24.1 Å². The van der Waals surface area contributed by atoms with Gasteiger partial charge < -0.3 is 10.8 Å². The van der Waals surface area contributed by atoms with Gasteiger partial charge in [0.2, 0.25) is 0 Å². The fourth-order valence-electron chi connectivity index (χ4n) is 1.78. The first kappa shape index (κ1) is 16.3. The molecule has 0 amide bonds. The average Bonchev–Trinajstić information content (AvgIpc) is 2.33. The Kier molecular flexibility index (Phi) is 5.64. The Bertz CT molecular complexity index is 423. The Balaban J connectivity index is 2.88. The first-order valence-electron chi connectivity index (χ1n) is 6.07. The summed E-state index contributed by atoms with van der Waals surface area (Å²) in [5.41, 5.74) is 5.33. The van der Waals surface area contributed by atoms with Crippen LogP contribution in [0.25, 0.3) is 0 Å². The van der Waals surface area contributed by atoms with Crippen LogP contribution in [0.15, 0.2) is 18.2 Å². The molecule has 0 unspecified atom stereocenters. The Morgan fingerprint density at radius 3 is 2.47 bits per heavy atom. The summed E-state index contributed by atoms with van der Waals surface area (Å²) in [6.45, 7) is 1.98. The van der Waals surface area contributed by atoms with E-state index in [1.807, 2.05) is 6.92 Å². The monoisotopic (exact) mass is 295 g/mol. The van der Waals surface area contributed by atoms with Crippen LogP contribution in [0.1, 0.15) is 43.4 Å². The summed E-state index contributed by atoms with van der Waals surface area (Å²) < 4.78 is 37.6. The number of alkyl halides is 3. The molecule has 2 atom stereocenters. The Labute approximate surface area is 115 Å². The van der Waals surface area contributed by atoms with Gasteiger partial charge >= 0.3 is 6.18 Å². The molecule has 0 aliphatic carbocycles. The summed E-state index contributed by atoms with van der Waals surface area (Å²) in [6.07, 6.45) is -3.04. The SMILES string of the molecule is CCCC[C@@H](O)[C@@H](N)c1ccc(C(F)(F)F)c(Cl)c1. The molecule has 1 aromatic carbocycles. The lowest BCUT2D eigenvalue weighted by atomic mass is 9.97. The van der Waals surface area contributed by atoms with E-state index in [4.69, 9.17) is 17.3 Å². The molecular formula is C13H17ClF3NO. The van der Waals surface area contributed by atoms with E-state index in [1.54, 1.807) is 0 Å². The fourth-order valence-corrected chi connectivity index (χ4v) is 2.08. The third-order valence-electron chi connectivity index (χ3n) is 2.95. The van der Waals surface area contributed by atoms with Gasteiger partial charge in [-0.15, -0.1) is 0 Å². The van der Waals surface area contributed by atoms with Crippen LogP contribution in [-0.2, 0) is 6.18 Å². The van der Waals surface area contributed by atoms with E-state index in [9.17, 15) is 18.3 Å². The zero-order valence-electron chi connectivity index (χ0n) is 10.5. The minimum absolute atomic E-state index is 0.400. The molecule has 108 valence electrons. The van der Waals surface area contributed by atoms with Gasteiger partial charge in [0.15, 0.2) is 0 Å². The molecule has 0 aliphatic rings. The Morgan fingerprint density at radius 1 is 1.37 bits per heavy atom. The van der Waals surface area contributed by atoms with Gasteiger partial charge in [0, 0.05) is 0 Å². The van der Waals surface area contributed by atoms with E-state index >= 15 is 0 Å². The topological polar surface area (TPSA) is 46.2 Å². The normalized spacial score (nSPS) is 15.3. The molecule has 0 fully saturated rings. The molecular weight excluding hydrogens is 279 g/mol. The molecule has 0 aromatic heterocycles. The molecule has 2 nitrogen and oxygen atoms in total. The third-order valence-corrected chi connectivity index (χ3v) is 3.26. The highest BCUT2D eigenvalue weighted by Gasteiger charge is 2.33. The molecule has 6 heteroatoms. The minimum Gasteiger partial charge on any atom is -0.391 e. The van der Waals surface area contributed by atoms with Gasteiger partial charge in [-0.25, -0.2) is 0 Å². The van der Waals surface area contributed by atoms with Gasteiger partial charge in [-0.2, -0.15) is 13.2 Å². The average molecular weight is 296 g/mol. The molecule has 3 N–H and O–H groups in total. The smallest absolute Gasteiger partial charge is 0.391 e. The van der Waals surface area contributed by atoms with Gasteiger partial charge in [-0.1, -0.05) is 37.4 Å². The fraction of sp³-hybridized carbons (Fsp3) is 0.538. The van der Waals surface area contributed by atoms with Gasteiger partial charge in [0.25, 0.3) is 0 Å². The van der Waals surface area contributed by atoms with Crippen molar-refractivity contribution in [1.82, 2.24) is 0 Å². The maximum Gasteiger partial charge on any atom is 0.417 e. The first-order valence-corrected chi connectivity index (χ1v) is 6.45. The molecule has 19 heavy (non-hydrogen) atoms. The van der Waals surface area contributed by atoms with Crippen molar-refractivity contribution in [1.29, 1.82) is 0 Å². The number of benzene rings is 1. The third kappa shape index (κ3) is 4.37.